The highest BCUT2D eigenvalue weighted by molar-refractivity contribution is 7.89. The number of nitrogens with one attached hydrogen (secondary N) is 2. The predicted molar refractivity (Wildman–Crippen MR) is 86.8 cm³/mol. The Balaban J connectivity index is 2.52. The molecule has 0 amide bonds. The van der Waals surface area contributed by atoms with Crippen molar-refractivity contribution in [2.75, 3.05) is 18.1 Å². The zero-order chi connectivity index (χ0) is 15.6. The van der Waals surface area contributed by atoms with Crippen LogP contribution in [0.2, 0.25) is 10.0 Å². The Kier molecular flexibility index (Phi) is 4.63. The molecule has 0 aliphatic heterocycles. The highest BCUT2D eigenvalue weighted by atomic mass is 35.5. The van der Waals surface area contributed by atoms with Crippen LogP contribution in [0.5, 0.6) is 0 Å². The predicted octanol–water partition coefficient (Wildman–Crippen LogP) is 3.23. The Morgan fingerprint density at radius 1 is 1.05 bits per heavy atom. The fraction of sp³-hybridized carbons (Fsp3) is 0.0769. The van der Waals surface area contributed by atoms with Crippen molar-refractivity contribution in [2.24, 2.45) is 0 Å². The van der Waals surface area contributed by atoms with Gasteiger partial charge in [-0.25, -0.2) is 13.1 Å². The van der Waals surface area contributed by atoms with Crippen LogP contribution in [-0.4, -0.2) is 15.5 Å². The van der Waals surface area contributed by atoms with Gasteiger partial charge in [-0.15, -0.1) is 0 Å². The molecule has 8 heteroatoms. The van der Waals surface area contributed by atoms with Crippen molar-refractivity contribution in [1.29, 1.82) is 0 Å². The van der Waals surface area contributed by atoms with E-state index >= 15 is 0 Å². The maximum absolute atomic E-state index is 12.1. The van der Waals surface area contributed by atoms with Crippen molar-refractivity contribution < 1.29 is 8.42 Å². The van der Waals surface area contributed by atoms with Crippen LogP contribution in [0.25, 0.3) is 0 Å². The van der Waals surface area contributed by atoms with Gasteiger partial charge in [-0.1, -0.05) is 23.2 Å². The van der Waals surface area contributed by atoms with E-state index in [0.717, 1.165) is 0 Å². The number of rotatable bonds is 4. The first-order valence-electron chi connectivity index (χ1n) is 5.88. The van der Waals surface area contributed by atoms with Crippen LogP contribution in [0.3, 0.4) is 0 Å². The van der Waals surface area contributed by atoms with Crippen molar-refractivity contribution in [3.05, 3.63) is 46.4 Å². The zero-order valence-corrected chi connectivity index (χ0v) is 13.4. The number of nitrogen functional groups attached to an aromatic ring is 1. The number of anilines is 3. The number of benzene rings is 2. The standard InChI is InChI=1S/C13H13Cl2N3O2S/c1-17-21(19,20)13-7-9(16)3-5-11(13)18-12-6-8(14)2-4-10(12)15/h2-7,17-18H,16H2,1H3. The molecule has 2 rings (SSSR count). The first-order valence-corrected chi connectivity index (χ1v) is 8.12. The fourth-order valence-electron chi connectivity index (χ4n) is 1.71. The molecule has 5 nitrogen and oxygen atoms in total. The van der Waals surface area contributed by atoms with Gasteiger partial charge >= 0.3 is 0 Å². The van der Waals surface area contributed by atoms with E-state index in [1.807, 2.05) is 0 Å². The molecule has 112 valence electrons. The minimum atomic E-state index is -3.66. The van der Waals surface area contributed by atoms with Crippen LogP contribution in [0.1, 0.15) is 0 Å². The molecule has 0 unspecified atom stereocenters. The van der Waals surface area contributed by atoms with Crippen molar-refractivity contribution in [1.82, 2.24) is 4.72 Å². The van der Waals surface area contributed by atoms with Gasteiger partial charge in [0.05, 0.1) is 16.4 Å². The normalized spacial score (nSPS) is 11.4. The summed E-state index contributed by atoms with van der Waals surface area (Å²) in [6.45, 7) is 0. The average molecular weight is 346 g/mol. The molecule has 0 heterocycles. The number of halogens is 2. The van der Waals surface area contributed by atoms with Crippen LogP contribution in [0, 0.1) is 0 Å². The molecule has 0 aliphatic rings. The fourth-order valence-corrected chi connectivity index (χ4v) is 2.97. The first-order chi connectivity index (χ1) is 9.83. The topological polar surface area (TPSA) is 84.2 Å². The van der Waals surface area contributed by atoms with E-state index in [0.29, 0.717) is 27.1 Å². The van der Waals surface area contributed by atoms with E-state index in [2.05, 4.69) is 10.0 Å². The van der Waals surface area contributed by atoms with Crippen LogP contribution < -0.4 is 15.8 Å². The van der Waals surface area contributed by atoms with E-state index in [1.54, 1.807) is 30.3 Å². The molecule has 2 aromatic rings. The van der Waals surface area contributed by atoms with Gasteiger partial charge in [0, 0.05) is 10.7 Å². The lowest BCUT2D eigenvalue weighted by Crippen LogP contribution is -2.20. The summed E-state index contributed by atoms with van der Waals surface area (Å²) in [4.78, 5) is 0.0287. The lowest BCUT2D eigenvalue weighted by Gasteiger charge is -2.14. The maximum Gasteiger partial charge on any atom is 0.242 e. The van der Waals surface area contributed by atoms with Gasteiger partial charge in [-0.05, 0) is 43.4 Å². The first kappa shape index (κ1) is 15.9. The van der Waals surface area contributed by atoms with Gasteiger partial charge in [0.25, 0.3) is 0 Å². The number of hydrogen-bond acceptors (Lipinski definition) is 4. The molecule has 0 bridgehead atoms. The Morgan fingerprint density at radius 3 is 2.43 bits per heavy atom. The third kappa shape index (κ3) is 3.59. The number of sulfonamides is 1. The second-order valence-corrected chi connectivity index (χ2v) is 6.91. The van der Waals surface area contributed by atoms with E-state index in [1.165, 1.54) is 13.1 Å². The SMILES string of the molecule is CNS(=O)(=O)c1cc(N)ccc1Nc1cc(Cl)ccc1Cl. The van der Waals surface area contributed by atoms with Crippen molar-refractivity contribution in [3.8, 4) is 0 Å². The van der Waals surface area contributed by atoms with Gasteiger partial charge < -0.3 is 11.1 Å². The summed E-state index contributed by atoms with van der Waals surface area (Å²) in [7, 11) is -2.33. The summed E-state index contributed by atoms with van der Waals surface area (Å²) >= 11 is 12.0. The summed E-state index contributed by atoms with van der Waals surface area (Å²) in [5.74, 6) is 0. The minimum absolute atomic E-state index is 0.0287. The molecule has 0 aromatic heterocycles. The van der Waals surface area contributed by atoms with Crippen LogP contribution >= 0.6 is 23.2 Å². The Bertz CT molecular complexity index is 779. The third-order valence-electron chi connectivity index (χ3n) is 2.76. The van der Waals surface area contributed by atoms with Gasteiger partial charge in [0.1, 0.15) is 4.90 Å². The van der Waals surface area contributed by atoms with E-state index in [-0.39, 0.29) is 4.90 Å². The van der Waals surface area contributed by atoms with Crippen LogP contribution in [0.4, 0.5) is 17.1 Å². The van der Waals surface area contributed by atoms with Gasteiger partial charge in [0.2, 0.25) is 10.0 Å². The lowest BCUT2D eigenvalue weighted by atomic mass is 10.2. The molecule has 0 saturated carbocycles. The maximum atomic E-state index is 12.1. The van der Waals surface area contributed by atoms with Crippen LogP contribution in [-0.2, 0) is 10.0 Å². The Labute approximate surface area is 133 Å². The molecule has 0 saturated heterocycles. The highest BCUT2D eigenvalue weighted by Crippen LogP contribution is 2.32. The molecular formula is C13H13Cl2N3O2S. The van der Waals surface area contributed by atoms with Crippen molar-refractivity contribution >= 4 is 50.3 Å². The molecule has 0 fully saturated rings. The number of hydrogen-bond donors (Lipinski definition) is 3. The largest absolute Gasteiger partial charge is 0.399 e. The van der Waals surface area contributed by atoms with Gasteiger partial charge in [-0.2, -0.15) is 0 Å². The molecular weight excluding hydrogens is 333 g/mol. The highest BCUT2D eigenvalue weighted by Gasteiger charge is 2.18. The van der Waals surface area contributed by atoms with E-state index in [4.69, 9.17) is 28.9 Å². The summed E-state index contributed by atoms with van der Waals surface area (Å²) in [6, 6.07) is 9.40. The summed E-state index contributed by atoms with van der Waals surface area (Å²) in [5.41, 5.74) is 6.85. The van der Waals surface area contributed by atoms with Crippen molar-refractivity contribution in [3.63, 3.8) is 0 Å². The Morgan fingerprint density at radius 2 is 1.76 bits per heavy atom. The average Bonchev–Trinajstić information content (AvgIpc) is 2.44. The van der Waals surface area contributed by atoms with E-state index in [9.17, 15) is 8.42 Å². The second-order valence-electron chi connectivity index (χ2n) is 4.21. The minimum Gasteiger partial charge on any atom is -0.399 e. The molecule has 0 radical (unpaired) electrons. The molecule has 21 heavy (non-hydrogen) atoms. The summed E-state index contributed by atoms with van der Waals surface area (Å²) in [6.07, 6.45) is 0. The molecule has 0 spiro atoms. The zero-order valence-electron chi connectivity index (χ0n) is 11.0. The van der Waals surface area contributed by atoms with E-state index < -0.39 is 10.0 Å². The van der Waals surface area contributed by atoms with Crippen molar-refractivity contribution in [2.45, 2.75) is 4.90 Å². The Hall–Kier alpha value is -1.47. The molecule has 0 atom stereocenters. The molecule has 4 N–H and O–H groups in total. The molecule has 0 aliphatic carbocycles. The smallest absolute Gasteiger partial charge is 0.242 e. The van der Waals surface area contributed by atoms with Gasteiger partial charge in [-0.3, -0.25) is 0 Å². The number of nitrogens with two attached hydrogens (primary N) is 1. The van der Waals surface area contributed by atoms with Gasteiger partial charge in [0.15, 0.2) is 0 Å². The lowest BCUT2D eigenvalue weighted by molar-refractivity contribution is 0.588. The summed E-state index contributed by atoms with van der Waals surface area (Å²) < 4.78 is 26.4. The second kappa shape index (κ2) is 6.11. The summed E-state index contributed by atoms with van der Waals surface area (Å²) in [5, 5.41) is 3.86. The quantitative estimate of drug-likeness (QED) is 0.742. The van der Waals surface area contributed by atoms with Crippen LogP contribution in [0.15, 0.2) is 41.3 Å². The monoisotopic (exact) mass is 345 g/mol. The third-order valence-corrected chi connectivity index (χ3v) is 4.78. The molecule has 2 aromatic carbocycles.